The molecule has 0 bridgehead atoms. The Morgan fingerprint density at radius 2 is 1.93 bits per heavy atom. The minimum Gasteiger partial charge on any atom is -0.456 e. The zero-order chi connectivity index (χ0) is 20.5. The highest BCUT2D eigenvalue weighted by Crippen LogP contribution is 2.37. The lowest BCUT2D eigenvalue weighted by molar-refractivity contribution is -0.135. The van der Waals surface area contributed by atoms with Gasteiger partial charge in [0.15, 0.2) is 8.32 Å². The molecule has 0 saturated carbocycles. The van der Waals surface area contributed by atoms with Crippen LogP contribution >= 0.6 is 0 Å². The van der Waals surface area contributed by atoms with E-state index in [4.69, 9.17) is 9.16 Å². The number of hydrogen-bond donors (Lipinski definition) is 0. The third-order valence-corrected chi connectivity index (χ3v) is 10.8. The maximum atomic E-state index is 12.1. The second-order valence-corrected chi connectivity index (χ2v) is 14.2. The molecule has 2 aliphatic rings. The molecule has 4 nitrogen and oxygen atoms in total. The topological polar surface area (TPSA) is 38.8 Å². The highest BCUT2D eigenvalue weighted by molar-refractivity contribution is 6.74. The minimum absolute atomic E-state index is 0.149. The third kappa shape index (κ3) is 4.25. The smallest absolute Gasteiger partial charge is 0.340 e. The third-order valence-electron chi connectivity index (χ3n) is 6.31. The Balaban J connectivity index is 1.89. The van der Waals surface area contributed by atoms with Crippen LogP contribution < -0.4 is 0 Å². The molecule has 0 fully saturated rings. The molecule has 1 unspecified atom stereocenters. The summed E-state index contributed by atoms with van der Waals surface area (Å²) in [6.45, 7) is 14.6. The molecule has 152 valence electrons. The van der Waals surface area contributed by atoms with E-state index in [0.717, 1.165) is 12.1 Å². The zero-order valence-corrected chi connectivity index (χ0v) is 19.0. The number of ether oxygens (including phenoxy) is 1. The fourth-order valence-electron chi connectivity index (χ4n) is 3.56. The molecule has 0 aliphatic carbocycles. The van der Waals surface area contributed by atoms with Crippen LogP contribution in [-0.2, 0) is 20.4 Å². The Morgan fingerprint density at radius 1 is 1.25 bits per heavy atom. The number of cyclic esters (lactones) is 1. The molecular weight excluding hydrogens is 366 g/mol. The van der Waals surface area contributed by atoms with Gasteiger partial charge in [0.2, 0.25) is 0 Å². The first-order valence-electron chi connectivity index (χ1n) is 10.1. The highest BCUT2D eigenvalue weighted by atomic mass is 28.4. The van der Waals surface area contributed by atoms with Gasteiger partial charge >= 0.3 is 5.97 Å². The van der Waals surface area contributed by atoms with Crippen LogP contribution in [0.2, 0.25) is 18.1 Å². The van der Waals surface area contributed by atoms with Gasteiger partial charge in [-0.15, -0.1) is 0 Å². The fraction of sp³-hybridized carbons (Fsp3) is 0.522. The molecule has 1 aromatic rings. The Morgan fingerprint density at radius 3 is 2.57 bits per heavy atom. The van der Waals surface area contributed by atoms with Crippen molar-refractivity contribution in [2.24, 2.45) is 0 Å². The lowest BCUT2D eigenvalue weighted by Crippen LogP contribution is -2.49. The minimum atomic E-state index is -1.88. The quantitative estimate of drug-likeness (QED) is 0.514. The Kier molecular flexibility index (Phi) is 5.87. The van der Waals surface area contributed by atoms with Gasteiger partial charge in [-0.3, -0.25) is 0 Å². The molecule has 28 heavy (non-hydrogen) atoms. The van der Waals surface area contributed by atoms with Crippen molar-refractivity contribution in [2.75, 3.05) is 13.2 Å². The van der Waals surface area contributed by atoms with Crippen molar-refractivity contribution in [3.05, 3.63) is 59.3 Å². The fourth-order valence-corrected chi connectivity index (χ4v) is 4.60. The van der Waals surface area contributed by atoms with Gasteiger partial charge in [-0.2, -0.15) is 0 Å². The predicted octanol–water partition coefficient (Wildman–Crippen LogP) is 4.69. The molecule has 0 saturated heterocycles. The summed E-state index contributed by atoms with van der Waals surface area (Å²) in [6, 6.07) is 10.9. The van der Waals surface area contributed by atoms with E-state index >= 15 is 0 Å². The van der Waals surface area contributed by atoms with Gasteiger partial charge in [-0.1, -0.05) is 57.2 Å². The summed E-state index contributed by atoms with van der Waals surface area (Å²) in [5.74, 6) is -0.216. The molecule has 0 spiro atoms. The van der Waals surface area contributed by atoms with E-state index < -0.39 is 8.32 Å². The van der Waals surface area contributed by atoms with E-state index in [1.165, 1.54) is 5.56 Å². The number of hydrogen-bond acceptors (Lipinski definition) is 4. The molecule has 2 aliphatic heterocycles. The van der Waals surface area contributed by atoms with Crippen LogP contribution in [0.25, 0.3) is 0 Å². The van der Waals surface area contributed by atoms with Gasteiger partial charge in [-0.25, -0.2) is 4.79 Å². The first-order chi connectivity index (χ1) is 13.1. The van der Waals surface area contributed by atoms with Crippen LogP contribution in [0.3, 0.4) is 0 Å². The summed E-state index contributed by atoms with van der Waals surface area (Å²) in [4.78, 5) is 14.5. The highest BCUT2D eigenvalue weighted by Gasteiger charge is 2.40. The van der Waals surface area contributed by atoms with E-state index in [1.807, 2.05) is 12.1 Å². The number of nitrogens with zero attached hydrogens (tertiary/aromatic N) is 1. The summed E-state index contributed by atoms with van der Waals surface area (Å²) in [5.41, 5.74) is 2.98. The van der Waals surface area contributed by atoms with Gasteiger partial charge in [0, 0.05) is 6.04 Å². The van der Waals surface area contributed by atoms with Crippen molar-refractivity contribution < 1.29 is 14.0 Å². The average molecular weight is 400 g/mol. The average Bonchev–Trinajstić information content (AvgIpc) is 3.00. The summed E-state index contributed by atoms with van der Waals surface area (Å²) < 4.78 is 12.0. The van der Waals surface area contributed by atoms with Crippen molar-refractivity contribution in [3.8, 4) is 0 Å². The Bertz CT molecular complexity index is 777. The SMILES string of the molecule is CC1C=CC2=C(COC2=O)N1[C@@H](CO[Si](C)(C)C(C)(C)C)Cc1ccccc1. The monoisotopic (exact) mass is 399 g/mol. The van der Waals surface area contributed by atoms with Crippen molar-refractivity contribution >= 4 is 14.3 Å². The number of benzene rings is 1. The predicted molar refractivity (Wildman–Crippen MR) is 116 cm³/mol. The summed E-state index contributed by atoms with van der Waals surface area (Å²) in [5, 5.41) is 0.161. The molecule has 0 aromatic heterocycles. The van der Waals surface area contributed by atoms with E-state index in [2.05, 4.69) is 76.0 Å². The molecule has 1 aromatic carbocycles. The number of rotatable bonds is 6. The number of carbonyl (C=O) groups is 1. The van der Waals surface area contributed by atoms with Gasteiger partial charge in [0.25, 0.3) is 0 Å². The van der Waals surface area contributed by atoms with Crippen LogP contribution in [-0.4, -0.2) is 44.5 Å². The van der Waals surface area contributed by atoms with Crippen LogP contribution in [0.1, 0.15) is 33.3 Å². The van der Waals surface area contributed by atoms with Crippen molar-refractivity contribution in [2.45, 2.75) is 64.3 Å². The van der Waals surface area contributed by atoms with E-state index in [0.29, 0.717) is 18.8 Å². The van der Waals surface area contributed by atoms with Crippen molar-refractivity contribution in [3.63, 3.8) is 0 Å². The second kappa shape index (κ2) is 7.88. The molecule has 0 amide bonds. The molecule has 2 atom stereocenters. The molecule has 5 heteroatoms. The van der Waals surface area contributed by atoms with Gasteiger partial charge in [0.1, 0.15) is 6.61 Å². The van der Waals surface area contributed by atoms with Gasteiger partial charge in [-0.05, 0) is 43.1 Å². The Hall–Kier alpha value is -1.85. The molecule has 2 heterocycles. The maximum absolute atomic E-state index is 12.1. The van der Waals surface area contributed by atoms with Crippen molar-refractivity contribution in [1.82, 2.24) is 4.90 Å². The van der Waals surface area contributed by atoms with Crippen LogP contribution in [0.4, 0.5) is 0 Å². The van der Waals surface area contributed by atoms with Crippen LogP contribution in [0.5, 0.6) is 0 Å². The largest absolute Gasteiger partial charge is 0.456 e. The summed E-state index contributed by atoms with van der Waals surface area (Å²) in [6.07, 6.45) is 4.88. The lowest BCUT2D eigenvalue weighted by Gasteiger charge is -2.43. The number of esters is 1. The Labute approximate surface area is 170 Å². The van der Waals surface area contributed by atoms with E-state index in [-0.39, 0.29) is 23.1 Å². The molecule has 0 N–H and O–H groups in total. The first kappa shape index (κ1) is 20.9. The van der Waals surface area contributed by atoms with Gasteiger partial charge < -0.3 is 14.1 Å². The summed E-state index contributed by atoms with van der Waals surface area (Å²) >= 11 is 0. The molecule has 0 radical (unpaired) electrons. The lowest BCUT2D eigenvalue weighted by atomic mass is 9.99. The van der Waals surface area contributed by atoms with Gasteiger partial charge in [0.05, 0.1) is 23.9 Å². The molecule has 3 rings (SSSR count). The first-order valence-corrected chi connectivity index (χ1v) is 13.1. The van der Waals surface area contributed by atoms with Crippen LogP contribution in [0, 0.1) is 0 Å². The number of carbonyl (C=O) groups excluding carboxylic acids is 1. The second-order valence-electron chi connectivity index (χ2n) is 9.36. The summed E-state index contributed by atoms with van der Waals surface area (Å²) in [7, 11) is -1.88. The van der Waals surface area contributed by atoms with Crippen LogP contribution in [0.15, 0.2) is 53.8 Å². The van der Waals surface area contributed by atoms with Crippen molar-refractivity contribution in [1.29, 1.82) is 0 Å². The normalized spacial score (nSPS) is 21.0. The standard InChI is InChI=1S/C23H33NO3Si/c1-17-12-13-20-21(16-26-22(20)25)24(17)19(14-18-10-8-7-9-11-18)15-27-28(5,6)23(2,3)4/h7-13,17,19H,14-16H2,1-6H3/t17?,19-/m1/s1. The van der Waals surface area contributed by atoms with E-state index in [9.17, 15) is 4.79 Å². The van der Waals surface area contributed by atoms with E-state index in [1.54, 1.807) is 0 Å². The molecular formula is C23H33NO3Si. The zero-order valence-electron chi connectivity index (χ0n) is 18.0. The maximum Gasteiger partial charge on any atom is 0.340 e.